The zero-order valence-corrected chi connectivity index (χ0v) is 15.1. The van der Waals surface area contributed by atoms with Crippen LogP contribution in [0.25, 0.3) is 0 Å². The van der Waals surface area contributed by atoms with Gasteiger partial charge in [-0.15, -0.1) is 0 Å². The molecule has 0 bridgehead atoms. The van der Waals surface area contributed by atoms with E-state index in [1.165, 1.54) is 11.4 Å². The molecule has 0 aliphatic carbocycles. The van der Waals surface area contributed by atoms with Gasteiger partial charge in [-0.2, -0.15) is 8.42 Å². The summed E-state index contributed by atoms with van der Waals surface area (Å²) in [4.78, 5) is 0. The lowest BCUT2D eigenvalue weighted by molar-refractivity contribution is 0.186. The van der Waals surface area contributed by atoms with Crippen LogP contribution in [0.1, 0.15) is 40.5 Å². The molecule has 0 saturated carbocycles. The van der Waals surface area contributed by atoms with Gasteiger partial charge in [0.25, 0.3) is 10.1 Å². The van der Waals surface area contributed by atoms with Crippen LogP contribution in [0, 0.1) is 0 Å². The molecule has 0 heterocycles. The van der Waals surface area contributed by atoms with Crippen molar-refractivity contribution in [3.05, 3.63) is 0 Å². The summed E-state index contributed by atoms with van der Waals surface area (Å²) >= 11 is 6.88. The second-order valence-corrected chi connectivity index (χ2v) is 12.5. The van der Waals surface area contributed by atoms with Crippen molar-refractivity contribution >= 4 is 39.0 Å². The van der Waals surface area contributed by atoms with Gasteiger partial charge in [0.05, 0.1) is 18.0 Å². The van der Waals surface area contributed by atoms with Crippen molar-refractivity contribution in [2.75, 3.05) is 11.5 Å². The van der Waals surface area contributed by atoms with Crippen molar-refractivity contribution in [1.82, 2.24) is 0 Å². The molecule has 0 aromatic rings. The summed E-state index contributed by atoms with van der Waals surface area (Å²) in [6, 6.07) is 0. The average Bonchev–Trinajstić information content (AvgIpc) is 2.11. The maximum absolute atomic E-state index is 10.6. The van der Waals surface area contributed by atoms with E-state index < -0.39 is 15.8 Å². The van der Waals surface area contributed by atoms with Gasteiger partial charge in [-0.05, 0) is 52.3 Å². The first-order chi connectivity index (χ1) is 8.54. The van der Waals surface area contributed by atoms with Crippen LogP contribution in [0.2, 0.25) is 0 Å². The molecule has 0 aromatic carbocycles. The molecule has 0 aliphatic rings. The third-order valence-electron chi connectivity index (χ3n) is 1.73. The second-order valence-electron chi connectivity index (χ2n) is 4.58. The summed E-state index contributed by atoms with van der Waals surface area (Å²) in [6.45, 7) is 7.63. The number of hydrogen-bond donors (Lipinski definition) is 1. The monoisotopic (exact) mass is 350 g/mol. The molecule has 0 rings (SSSR count). The fourth-order valence-corrected chi connectivity index (χ4v) is 7.65. The number of rotatable bonds is 10. The Morgan fingerprint density at radius 1 is 1.16 bits per heavy atom. The minimum Gasteiger partial charge on any atom is -0.319 e. The van der Waals surface area contributed by atoms with Gasteiger partial charge < -0.3 is 9.05 Å². The SMILES string of the molecule is CC(C)OP(=S)(OC(C)C)SCCCCS(=O)(=O)O. The molecule has 0 fully saturated rings. The molecule has 0 saturated heterocycles. The highest BCUT2D eigenvalue weighted by molar-refractivity contribution is 8.67. The van der Waals surface area contributed by atoms with E-state index in [1.54, 1.807) is 0 Å². The zero-order chi connectivity index (χ0) is 15.1. The minimum atomic E-state index is -3.87. The van der Waals surface area contributed by atoms with E-state index in [0.29, 0.717) is 18.6 Å². The molecule has 0 aromatic heterocycles. The Morgan fingerprint density at radius 3 is 2.00 bits per heavy atom. The summed E-state index contributed by atoms with van der Waals surface area (Å²) < 4.78 is 41.1. The molecule has 0 amide bonds. The Hall–Kier alpha value is 0.830. The van der Waals surface area contributed by atoms with Crippen LogP contribution in [0.15, 0.2) is 0 Å². The van der Waals surface area contributed by atoms with E-state index in [4.69, 9.17) is 25.4 Å². The Labute approximate surface area is 125 Å². The van der Waals surface area contributed by atoms with Gasteiger partial charge in [0.15, 0.2) is 0 Å². The molecule has 1 N–H and O–H groups in total. The van der Waals surface area contributed by atoms with Gasteiger partial charge in [-0.3, -0.25) is 4.55 Å². The van der Waals surface area contributed by atoms with Gasteiger partial charge in [0.1, 0.15) is 0 Å². The van der Waals surface area contributed by atoms with E-state index >= 15 is 0 Å². The van der Waals surface area contributed by atoms with Gasteiger partial charge in [0, 0.05) is 5.75 Å². The van der Waals surface area contributed by atoms with Crippen molar-refractivity contribution in [2.45, 2.75) is 52.7 Å². The van der Waals surface area contributed by atoms with Gasteiger partial charge in [-0.25, -0.2) is 0 Å². The largest absolute Gasteiger partial charge is 0.319 e. The van der Waals surface area contributed by atoms with Crippen LogP contribution in [-0.4, -0.2) is 36.7 Å². The minimum absolute atomic E-state index is 0.00472. The van der Waals surface area contributed by atoms with Crippen LogP contribution < -0.4 is 0 Å². The fraction of sp³-hybridized carbons (Fsp3) is 1.00. The fourth-order valence-electron chi connectivity index (χ4n) is 1.16. The Morgan fingerprint density at radius 2 is 1.63 bits per heavy atom. The Kier molecular flexibility index (Phi) is 9.36. The molecule has 0 spiro atoms. The lowest BCUT2D eigenvalue weighted by atomic mass is 10.4. The first kappa shape index (κ1) is 19.8. The lowest BCUT2D eigenvalue weighted by Crippen LogP contribution is -2.07. The highest BCUT2D eigenvalue weighted by Gasteiger charge is 2.23. The summed E-state index contributed by atoms with van der Waals surface area (Å²) in [6.07, 6.45) is 1.04. The maximum Gasteiger partial charge on any atom is 0.264 e. The first-order valence-electron chi connectivity index (χ1n) is 6.10. The summed E-state index contributed by atoms with van der Waals surface area (Å²) in [7, 11) is -3.87. The highest BCUT2D eigenvalue weighted by atomic mass is 32.9. The van der Waals surface area contributed by atoms with Crippen LogP contribution in [0.5, 0.6) is 0 Å². The van der Waals surface area contributed by atoms with Crippen molar-refractivity contribution in [3.63, 3.8) is 0 Å². The molecule has 116 valence electrons. The standard InChI is InChI=1S/C10H23O5PS3/c1-9(2)14-16(17,15-10(3)4)18-7-5-6-8-19(11,12)13/h9-10H,5-8H2,1-4H3,(H,11,12,13). The molecule has 0 atom stereocenters. The summed E-state index contributed by atoms with van der Waals surface area (Å²) in [5.74, 6) is 0.443. The summed E-state index contributed by atoms with van der Waals surface area (Å²) in [5, 5.41) is 0. The van der Waals surface area contributed by atoms with Crippen LogP contribution >= 0.6 is 17.1 Å². The molecule has 0 aliphatic heterocycles. The van der Waals surface area contributed by atoms with Crippen LogP contribution in [0.4, 0.5) is 0 Å². The molecule has 9 heteroatoms. The second kappa shape index (κ2) is 8.97. The molecular weight excluding hydrogens is 327 g/mol. The van der Waals surface area contributed by atoms with Gasteiger partial charge in [0.2, 0.25) is 5.69 Å². The summed E-state index contributed by atoms with van der Waals surface area (Å²) in [5.41, 5.74) is -2.37. The van der Waals surface area contributed by atoms with E-state index in [0.717, 1.165) is 0 Å². The molecule has 0 radical (unpaired) electrons. The van der Waals surface area contributed by atoms with Gasteiger partial charge in [-0.1, -0.05) is 11.4 Å². The van der Waals surface area contributed by atoms with E-state index in [2.05, 4.69) is 0 Å². The van der Waals surface area contributed by atoms with Crippen molar-refractivity contribution < 1.29 is 22.0 Å². The third-order valence-corrected chi connectivity index (χ3v) is 8.16. The molecule has 5 nitrogen and oxygen atoms in total. The Bertz CT molecular complexity index is 380. The van der Waals surface area contributed by atoms with Crippen molar-refractivity contribution in [3.8, 4) is 0 Å². The van der Waals surface area contributed by atoms with Crippen LogP contribution in [-0.2, 0) is 31.0 Å². The maximum atomic E-state index is 10.6. The van der Waals surface area contributed by atoms with Crippen molar-refractivity contribution in [2.24, 2.45) is 0 Å². The van der Waals surface area contributed by atoms with E-state index in [1.807, 2.05) is 27.7 Å². The highest BCUT2D eigenvalue weighted by Crippen LogP contribution is 2.62. The lowest BCUT2D eigenvalue weighted by Gasteiger charge is -2.25. The van der Waals surface area contributed by atoms with Crippen molar-refractivity contribution in [1.29, 1.82) is 0 Å². The molecular formula is C10H23O5PS3. The normalized spacial score (nSPS) is 13.4. The van der Waals surface area contributed by atoms with Gasteiger partial charge >= 0.3 is 0 Å². The predicted molar refractivity (Wildman–Crippen MR) is 84.8 cm³/mol. The predicted octanol–water partition coefficient (Wildman–Crippen LogP) is 3.46. The quantitative estimate of drug-likeness (QED) is 0.367. The van der Waals surface area contributed by atoms with Crippen LogP contribution in [0.3, 0.4) is 0 Å². The Balaban J connectivity index is 4.17. The topological polar surface area (TPSA) is 72.8 Å². The van der Waals surface area contributed by atoms with E-state index in [9.17, 15) is 8.42 Å². The smallest absolute Gasteiger partial charge is 0.264 e. The number of unbranched alkanes of at least 4 members (excludes halogenated alkanes) is 1. The third kappa shape index (κ3) is 12.3. The first-order valence-corrected chi connectivity index (χ1v) is 11.9. The van der Waals surface area contributed by atoms with E-state index in [-0.39, 0.29) is 18.0 Å². The number of hydrogen-bond acceptors (Lipinski definition) is 6. The molecule has 0 unspecified atom stereocenters. The zero-order valence-electron chi connectivity index (χ0n) is 11.7. The average molecular weight is 350 g/mol. The molecule has 19 heavy (non-hydrogen) atoms.